The first-order valence-electron chi connectivity index (χ1n) is 8.93. The van der Waals surface area contributed by atoms with E-state index < -0.39 is 0 Å². The van der Waals surface area contributed by atoms with Gasteiger partial charge in [0.15, 0.2) is 0 Å². The van der Waals surface area contributed by atoms with Crippen LogP contribution in [0.1, 0.15) is 32.1 Å². The highest BCUT2D eigenvalue weighted by Crippen LogP contribution is 2.40. The second-order valence-electron chi connectivity index (χ2n) is 7.22. The summed E-state index contributed by atoms with van der Waals surface area (Å²) in [6.07, 6.45) is 5.30. The standard InChI is InChI=1S/C17H29N3O3/c1-23-13-15(21)20-9-4-5-17(14-20)6-10-19(16(17)22)12-11-18-7-2-3-8-18/h2-14H2,1H3/t17-/m1/s1. The molecule has 0 aliphatic carbocycles. The minimum Gasteiger partial charge on any atom is -0.375 e. The van der Waals surface area contributed by atoms with Crippen LogP contribution in [0.4, 0.5) is 0 Å². The number of methoxy groups -OCH3 is 1. The van der Waals surface area contributed by atoms with Crippen molar-refractivity contribution in [3.05, 3.63) is 0 Å². The first-order valence-corrected chi connectivity index (χ1v) is 8.93. The summed E-state index contributed by atoms with van der Waals surface area (Å²) in [5.41, 5.74) is -0.327. The van der Waals surface area contributed by atoms with Gasteiger partial charge in [0.25, 0.3) is 0 Å². The average Bonchev–Trinajstić information content (AvgIpc) is 3.17. The molecule has 6 heteroatoms. The summed E-state index contributed by atoms with van der Waals surface area (Å²) in [6, 6.07) is 0. The van der Waals surface area contributed by atoms with Crippen molar-refractivity contribution in [2.24, 2.45) is 5.41 Å². The van der Waals surface area contributed by atoms with Crippen molar-refractivity contribution in [3.63, 3.8) is 0 Å². The van der Waals surface area contributed by atoms with Crippen molar-refractivity contribution in [2.75, 3.05) is 59.5 Å². The Kier molecular flexibility index (Phi) is 5.21. The van der Waals surface area contributed by atoms with Crippen molar-refractivity contribution in [3.8, 4) is 0 Å². The number of ether oxygens (including phenoxy) is 1. The van der Waals surface area contributed by atoms with Gasteiger partial charge in [0.2, 0.25) is 11.8 Å². The quantitative estimate of drug-likeness (QED) is 0.742. The molecule has 3 aliphatic heterocycles. The SMILES string of the molecule is COCC(=O)N1CCC[C@@]2(CCN(CCN3CCCC3)C2=O)C1. The summed E-state index contributed by atoms with van der Waals surface area (Å²) in [5.74, 6) is 0.279. The summed E-state index contributed by atoms with van der Waals surface area (Å²) in [7, 11) is 1.54. The maximum absolute atomic E-state index is 13.0. The number of rotatable bonds is 5. The largest absolute Gasteiger partial charge is 0.375 e. The normalized spacial score (nSPS) is 29.0. The van der Waals surface area contributed by atoms with Gasteiger partial charge in [-0.05, 0) is 45.2 Å². The van der Waals surface area contributed by atoms with Crippen LogP contribution in [0.15, 0.2) is 0 Å². The van der Waals surface area contributed by atoms with Crippen LogP contribution in [0.3, 0.4) is 0 Å². The van der Waals surface area contributed by atoms with E-state index in [4.69, 9.17) is 4.74 Å². The fraction of sp³-hybridized carbons (Fsp3) is 0.882. The molecule has 1 atom stereocenters. The number of carbonyl (C=O) groups is 2. The molecule has 0 saturated carbocycles. The predicted molar refractivity (Wildman–Crippen MR) is 87.0 cm³/mol. The number of amides is 2. The van der Waals surface area contributed by atoms with Crippen LogP contribution in [-0.2, 0) is 14.3 Å². The van der Waals surface area contributed by atoms with Gasteiger partial charge in [0.1, 0.15) is 6.61 Å². The van der Waals surface area contributed by atoms with Crippen molar-refractivity contribution in [2.45, 2.75) is 32.1 Å². The third-order valence-electron chi connectivity index (χ3n) is 5.68. The van der Waals surface area contributed by atoms with E-state index in [1.54, 1.807) is 7.11 Å². The van der Waals surface area contributed by atoms with Gasteiger partial charge < -0.3 is 19.4 Å². The van der Waals surface area contributed by atoms with Gasteiger partial charge in [-0.1, -0.05) is 0 Å². The van der Waals surface area contributed by atoms with Crippen molar-refractivity contribution >= 4 is 11.8 Å². The average molecular weight is 323 g/mol. The second kappa shape index (κ2) is 7.18. The van der Waals surface area contributed by atoms with E-state index in [0.29, 0.717) is 6.54 Å². The topological polar surface area (TPSA) is 53.1 Å². The molecule has 2 amide bonds. The molecule has 0 radical (unpaired) electrons. The first kappa shape index (κ1) is 16.7. The predicted octanol–water partition coefficient (Wildman–Crippen LogP) is 0.570. The number of piperidine rings is 1. The molecule has 0 unspecified atom stereocenters. The molecule has 130 valence electrons. The van der Waals surface area contributed by atoms with Crippen LogP contribution < -0.4 is 0 Å². The van der Waals surface area contributed by atoms with E-state index in [2.05, 4.69) is 4.90 Å². The number of nitrogens with zero attached hydrogens (tertiary/aromatic N) is 3. The molecule has 0 aromatic rings. The van der Waals surface area contributed by atoms with Gasteiger partial charge in [-0.15, -0.1) is 0 Å². The van der Waals surface area contributed by atoms with Crippen molar-refractivity contribution in [1.29, 1.82) is 0 Å². The first-order chi connectivity index (χ1) is 11.1. The van der Waals surface area contributed by atoms with E-state index in [1.165, 1.54) is 25.9 Å². The van der Waals surface area contributed by atoms with Crippen LogP contribution in [0.25, 0.3) is 0 Å². The number of hydrogen-bond acceptors (Lipinski definition) is 4. The smallest absolute Gasteiger partial charge is 0.248 e. The Morgan fingerprint density at radius 1 is 1.09 bits per heavy atom. The van der Waals surface area contributed by atoms with Crippen LogP contribution >= 0.6 is 0 Å². The van der Waals surface area contributed by atoms with Gasteiger partial charge >= 0.3 is 0 Å². The Morgan fingerprint density at radius 2 is 1.87 bits per heavy atom. The molecule has 6 nitrogen and oxygen atoms in total. The van der Waals surface area contributed by atoms with E-state index in [1.807, 2.05) is 9.80 Å². The minimum absolute atomic E-state index is 0.00916. The lowest BCUT2D eigenvalue weighted by Gasteiger charge is -2.39. The second-order valence-corrected chi connectivity index (χ2v) is 7.22. The maximum atomic E-state index is 13.0. The zero-order valence-corrected chi connectivity index (χ0v) is 14.3. The van der Waals surface area contributed by atoms with E-state index in [-0.39, 0.29) is 23.8 Å². The third kappa shape index (κ3) is 3.53. The van der Waals surface area contributed by atoms with E-state index in [0.717, 1.165) is 45.4 Å². The van der Waals surface area contributed by atoms with Gasteiger partial charge in [-0.3, -0.25) is 9.59 Å². The molecule has 0 bridgehead atoms. The van der Waals surface area contributed by atoms with Crippen LogP contribution in [0, 0.1) is 5.41 Å². The molecule has 3 rings (SSSR count). The minimum atomic E-state index is -0.327. The third-order valence-corrected chi connectivity index (χ3v) is 5.68. The fourth-order valence-electron chi connectivity index (χ4n) is 4.31. The van der Waals surface area contributed by atoms with Crippen molar-refractivity contribution in [1.82, 2.24) is 14.7 Å². The van der Waals surface area contributed by atoms with Gasteiger partial charge in [-0.2, -0.15) is 0 Å². The molecule has 3 fully saturated rings. The maximum Gasteiger partial charge on any atom is 0.248 e. The molecular weight excluding hydrogens is 294 g/mol. The highest BCUT2D eigenvalue weighted by Gasteiger charge is 2.49. The van der Waals surface area contributed by atoms with E-state index >= 15 is 0 Å². The van der Waals surface area contributed by atoms with Crippen LogP contribution in [-0.4, -0.2) is 86.0 Å². The molecule has 23 heavy (non-hydrogen) atoms. The molecule has 0 aromatic heterocycles. The zero-order chi connectivity index (χ0) is 16.3. The molecule has 1 spiro atoms. The molecular formula is C17H29N3O3. The Bertz CT molecular complexity index is 450. The molecule has 0 N–H and O–H groups in total. The lowest BCUT2D eigenvalue weighted by molar-refractivity contribution is -0.145. The summed E-state index contributed by atoms with van der Waals surface area (Å²) < 4.78 is 4.96. The Balaban J connectivity index is 1.56. The number of carbonyl (C=O) groups excluding carboxylic acids is 2. The van der Waals surface area contributed by atoms with Crippen LogP contribution in [0.5, 0.6) is 0 Å². The number of likely N-dealkylation sites (tertiary alicyclic amines) is 3. The Hall–Kier alpha value is -1.14. The summed E-state index contributed by atoms with van der Waals surface area (Å²) in [5, 5.41) is 0. The van der Waals surface area contributed by atoms with Gasteiger partial charge in [0.05, 0.1) is 5.41 Å². The summed E-state index contributed by atoms with van der Waals surface area (Å²) in [4.78, 5) is 31.4. The lowest BCUT2D eigenvalue weighted by atomic mass is 9.78. The number of hydrogen-bond donors (Lipinski definition) is 0. The highest BCUT2D eigenvalue weighted by molar-refractivity contribution is 5.86. The Labute approximate surface area is 138 Å². The zero-order valence-electron chi connectivity index (χ0n) is 14.3. The van der Waals surface area contributed by atoms with Gasteiger partial charge in [0, 0.05) is 39.8 Å². The summed E-state index contributed by atoms with van der Waals surface area (Å²) >= 11 is 0. The van der Waals surface area contributed by atoms with Gasteiger partial charge in [-0.25, -0.2) is 0 Å². The molecule has 0 aromatic carbocycles. The van der Waals surface area contributed by atoms with E-state index in [9.17, 15) is 9.59 Å². The summed E-state index contributed by atoms with van der Waals surface area (Å²) in [6.45, 7) is 6.47. The van der Waals surface area contributed by atoms with Crippen molar-refractivity contribution < 1.29 is 14.3 Å². The highest BCUT2D eigenvalue weighted by atomic mass is 16.5. The molecule has 3 aliphatic rings. The Morgan fingerprint density at radius 3 is 2.61 bits per heavy atom. The molecule has 3 saturated heterocycles. The fourth-order valence-corrected chi connectivity index (χ4v) is 4.31. The van der Waals surface area contributed by atoms with Crippen LogP contribution in [0.2, 0.25) is 0 Å². The lowest BCUT2D eigenvalue weighted by Crippen LogP contribution is -2.51. The molecule has 3 heterocycles. The monoisotopic (exact) mass is 323 g/mol.